The highest BCUT2D eigenvalue weighted by Crippen LogP contribution is 2.33. The number of hydrogen-bond donors (Lipinski definition) is 0. The van der Waals surface area contributed by atoms with Gasteiger partial charge >= 0.3 is 0 Å². The van der Waals surface area contributed by atoms with E-state index in [1.807, 2.05) is 49.4 Å². The number of carbonyl (C=O) groups excluding carboxylic acids is 2. The summed E-state index contributed by atoms with van der Waals surface area (Å²) in [6.45, 7) is 2.32. The van der Waals surface area contributed by atoms with Gasteiger partial charge in [-0.05, 0) is 30.2 Å². The summed E-state index contributed by atoms with van der Waals surface area (Å²) in [6, 6.07) is 17.1. The monoisotopic (exact) mass is 278 g/mol. The van der Waals surface area contributed by atoms with Crippen molar-refractivity contribution in [3.8, 4) is 0 Å². The minimum atomic E-state index is -0.442. The van der Waals surface area contributed by atoms with Crippen LogP contribution in [0.15, 0.2) is 64.6 Å². The Hall–Kier alpha value is -2.80. The number of nitrogens with zero attached hydrogens (tertiary/aromatic N) is 2. The molecule has 2 rings (SSSR count). The second-order valence-corrected chi connectivity index (χ2v) is 4.86. The number of rotatable bonds is 5. The topological polar surface area (TPSA) is 58.9 Å². The van der Waals surface area contributed by atoms with E-state index < -0.39 is 5.41 Å². The van der Waals surface area contributed by atoms with Crippen LogP contribution in [0.25, 0.3) is 0 Å². The van der Waals surface area contributed by atoms with Crippen LogP contribution in [0.3, 0.4) is 0 Å². The van der Waals surface area contributed by atoms with Crippen LogP contribution in [0, 0.1) is 0 Å². The van der Waals surface area contributed by atoms with Gasteiger partial charge in [0.2, 0.25) is 12.2 Å². The van der Waals surface area contributed by atoms with E-state index in [2.05, 4.69) is 9.98 Å². The molecule has 0 aliphatic carbocycles. The summed E-state index contributed by atoms with van der Waals surface area (Å²) in [7, 11) is 0. The van der Waals surface area contributed by atoms with Gasteiger partial charge in [-0.2, -0.15) is 4.99 Å². The van der Waals surface area contributed by atoms with Gasteiger partial charge in [0, 0.05) is 5.41 Å². The lowest BCUT2D eigenvalue weighted by atomic mass is 9.76. The molecule has 1 atom stereocenters. The molecule has 0 saturated carbocycles. The van der Waals surface area contributed by atoms with Crippen LogP contribution in [0.5, 0.6) is 0 Å². The van der Waals surface area contributed by atoms with Crippen LogP contribution in [0.2, 0.25) is 0 Å². The molecule has 0 N–H and O–H groups in total. The second kappa shape index (κ2) is 6.58. The molecule has 1 unspecified atom stereocenters. The quantitative estimate of drug-likeness (QED) is 0.622. The molecular formula is C17H14N2O2. The van der Waals surface area contributed by atoms with E-state index in [0.29, 0.717) is 12.2 Å². The van der Waals surface area contributed by atoms with Crippen molar-refractivity contribution in [1.82, 2.24) is 0 Å². The fraction of sp³-hybridized carbons (Fsp3) is 0.176. The standard InChI is InChI=1S/C17H14N2O2/c1-17(11-18-12-20,14-5-3-2-4-6-14)15-7-9-16(10-8-15)19-13-21/h2-10H,11H2,1H3. The lowest BCUT2D eigenvalue weighted by Crippen LogP contribution is -2.27. The lowest BCUT2D eigenvalue weighted by Gasteiger charge is -2.28. The summed E-state index contributed by atoms with van der Waals surface area (Å²) >= 11 is 0. The summed E-state index contributed by atoms with van der Waals surface area (Å²) in [5.41, 5.74) is 2.14. The van der Waals surface area contributed by atoms with Gasteiger partial charge in [-0.15, -0.1) is 0 Å². The Bertz CT molecular complexity index is 697. The maximum Gasteiger partial charge on any atom is 0.240 e. The Morgan fingerprint density at radius 2 is 1.52 bits per heavy atom. The first-order chi connectivity index (χ1) is 10.2. The number of hydrogen-bond acceptors (Lipinski definition) is 4. The van der Waals surface area contributed by atoms with Crippen molar-refractivity contribution in [2.24, 2.45) is 9.98 Å². The van der Waals surface area contributed by atoms with Crippen LogP contribution in [0.4, 0.5) is 5.69 Å². The first kappa shape index (κ1) is 14.6. The SMILES string of the molecule is CC(CN=C=O)(c1ccccc1)c1ccc(N=C=O)cc1. The molecule has 0 amide bonds. The summed E-state index contributed by atoms with van der Waals surface area (Å²) in [5.74, 6) is 0. The van der Waals surface area contributed by atoms with E-state index in [1.54, 1.807) is 18.2 Å². The van der Waals surface area contributed by atoms with Gasteiger partial charge in [0.1, 0.15) is 0 Å². The lowest BCUT2D eigenvalue weighted by molar-refractivity contribution is 0.548. The fourth-order valence-corrected chi connectivity index (χ4v) is 2.30. The van der Waals surface area contributed by atoms with Crippen LogP contribution in [0.1, 0.15) is 18.1 Å². The average molecular weight is 278 g/mol. The third-order valence-electron chi connectivity index (χ3n) is 3.55. The van der Waals surface area contributed by atoms with Gasteiger partial charge in [-0.25, -0.2) is 14.6 Å². The van der Waals surface area contributed by atoms with Gasteiger partial charge in [0.05, 0.1) is 12.2 Å². The molecule has 21 heavy (non-hydrogen) atoms. The van der Waals surface area contributed by atoms with Crippen molar-refractivity contribution in [1.29, 1.82) is 0 Å². The highest BCUT2D eigenvalue weighted by Gasteiger charge is 2.28. The summed E-state index contributed by atoms with van der Waals surface area (Å²) in [5, 5.41) is 0. The molecule has 0 aliphatic heterocycles. The minimum Gasteiger partial charge on any atom is -0.211 e. The molecular weight excluding hydrogens is 264 g/mol. The Balaban J connectivity index is 2.49. The van der Waals surface area contributed by atoms with Crippen molar-refractivity contribution in [2.75, 3.05) is 6.54 Å². The summed E-state index contributed by atoms with van der Waals surface area (Å²) in [4.78, 5) is 28.1. The van der Waals surface area contributed by atoms with Crippen molar-refractivity contribution in [3.05, 3.63) is 65.7 Å². The van der Waals surface area contributed by atoms with Gasteiger partial charge in [-0.3, -0.25) is 0 Å². The molecule has 104 valence electrons. The summed E-state index contributed by atoms with van der Waals surface area (Å²) in [6.07, 6.45) is 3.11. The number of isocyanates is 2. The van der Waals surface area contributed by atoms with Gasteiger partial charge in [0.15, 0.2) is 0 Å². The normalized spacial score (nSPS) is 12.6. The zero-order valence-electron chi connectivity index (χ0n) is 11.6. The number of benzene rings is 2. The van der Waals surface area contributed by atoms with E-state index in [4.69, 9.17) is 0 Å². The molecule has 0 fully saturated rings. The van der Waals surface area contributed by atoms with Gasteiger partial charge in [0.25, 0.3) is 0 Å². The van der Waals surface area contributed by atoms with E-state index in [-0.39, 0.29) is 0 Å². The number of aliphatic imine (C=N–C) groups is 2. The zero-order valence-corrected chi connectivity index (χ0v) is 11.6. The minimum absolute atomic E-state index is 0.302. The predicted octanol–water partition coefficient (Wildman–Crippen LogP) is 3.30. The molecule has 4 heteroatoms. The molecule has 0 saturated heterocycles. The van der Waals surface area contributed by atoms with Crippen molar-refractivity contribution >= 4 is 17.8 Å². The van der Waals surface area contributed by atoms with Crippen molar-refractivity contribution in [3.63, 3.8) is 0 Å². The van der Waals surface area contributed by atoms with Crippen LogP contribution in [-0.4, -0.2) is 18.7 Å². The van der Waals surface area contributed by atoms with E-state index in [9.17, 15) is 9.59 Å². The maximum absolute atomic E-state index is 10.5. The molecule has 2 aromatic carbocycles. The van der Waals surface area contributed by atoms with Crippen LogP contribution >= 0.6 is 0 Å². The Kier molecular flexibility index (Phi) is 4.57. The highest BCUT2D eigenvalue weighted by molar-refractivity contribution is 5.51. The Morgan fingerprint density at radius 3 is 2.10 bits per heavy atom. The smallest absolute Gasteiger partial charge is 0.211 e. The first-order valence-electron chi connectivity index (χ1n) is 6.48. The molecule has 0 radical (unpaired) electrons. The molecule has 4 nitrogen and oxygen atoms in total. The second-order valence-electron chi connectivity index (χ2n) is 4.86. The van der Waals surface area contributed by atoms with Crippen molar-refractivity contribution < 1.29 is 9.59 Å². The largest absolute Gasteiger partial charge is 0.240 e. The molecule has 2 aromatic rings. The third-order valence-corrected chi connectivity index (χ3v) is 3.55. The van der Waals surface area contributed by atoms with Crippen LogP contribution < -0.4 is 0 Å². The molecule has 0 aromatic heterocycles. The van der Waals surface area contributed by atoms with E-state index in [1.165, 1.54) is 6.08 Å². The highest BCUT2D eigenvalue weighted by atomic mass is 16.1. The molecule has 0 aliphatic rings. The fourth-order valence-electron chi connectivity index (χ4n) is 2.30. The van der Waals surface area contributed by atoms with E-state index >= 15 is 0 Å². The third kappa shape index (κ3) is 3.21. The maximum atomic E-state index is 10.5. The van der Waals surface area contributed by atoms with Gasteiger partial charge < -0.3 is 0 Å². The molecule has 0 heterocycles. The summed E-state index contributed by atoms with van der Waals surface area (Å²) < 4.78 is 0. The van der Waals surface area contributed by atoms with Crippen molar-refractivity contribution in [2.45, 2.75) is 12.3 Å². The first-order valence-corrected chi connectivity index (χ1v) is 6.48. The van der Waals surface area contributed by atoms with Crippen LogP contribution in [-0.2, 0) is 15.0 Å². The molecule has 0 bridgehead atoms. The molecule has 0 spiro atoms. The van der Waals surface area contributed by atoms with Gasteiger partial charge in [-0.1, -0.05) is 42.5 Å². The van der Waals surface area contributed by atoms with E-state index in [0.717, 1.165) is 11.1 Å². The Labute approximate surface area is 122 Å². The zero-order chi connectivity index (χ0) is 15.1. The Morgan fingerprint density at radius 1 is 0.905 bits per heavy atom. The average Bonchev–Trinajstić information content (AvgIpc) is 2.54. The predicted molar refractivity (Wildman–Crippen MR) is 80.1 cm³/mol.